The van der Waals surface area contributed by atoms with Crippen molar-refractivity contribution in [2.45, 2.75) is 18.9 Å². The molecule has 14 heavy (non-hydrogen) atoms. The lowest BCUT2D eigenvalue weighted by Gasteiger charge is -2.21. The first kappa shape index (κ1) is 10.5. The van der Waals surface area contributed by atoms with Crippen molar-refractivity contribution in [3.05, 3.63) is 29.8 Å². The Morgan fingerprint density at radius 1 is 1.64 bits per heavy atom. The van der Waals surface area contributed by atoms with Gasteiger partial charge in [0.1, 0.15) is 17.3 Å². The topological polar surface area (TPSA) is 88.0 Å². The highest BCUT2D eigenvalue weighted by Gasteiger charge is 2.24. The normalized spacial score (nSPS) is 14.7. The lowest BCUT2D eigenvalue weighted by Crippen LogP contribution is -2.78. The molecule has 0 unspecified atom stereocenters. The van der Waals surface area contributed by atoms with Gasteiger partial charge in [-0.2, -0.15) is 0 Å². The van der Waals surface area contributed by atoms with E-state index < -0.39 is 11.5 Å². The Morgan fingerprint density at radius 2 is 2.29 bits per heavy atom. The fourth-order valence-electron chi connectivity index (χ4n) is 1.19. The second-order valence-electron chi connectivity index (χ2n) is 3.69. The van der Waals surface area contributed by atoms with Gasteiger partial charge in [-0.3, -0.25) is 0 Å². The van der Waals surface area contributed by atoms with Crippen LogP contribution >= 0.6 is 0 Å². The number of phenols is 1. The van der Waals surface area contributed by atoms with Gasteiger partial charge in [-0.1, -0.05) is 12.1 Å². The molecule has 4 heteroatoms. The Labute approximate surface area is 82.0 Å². The van der Waals surface area contributed by atoms with Crippen LogP contribution in [-0.2, 0) is 11.2 Å². The second kappa shape index (κ2) is 3.67. The number of carbonyl (C=O) groups excluding carboxylic acids is 1. The minimum Gasteiger partial charge on any atom is -0.544 e. The number of quaternary nitrogens is 1. The standard InChI is InChI=1S/C10H13NO3/c1-10(11,9(13)14)6-7-3-2-4-8(12)5-7/h2-5,12H,6,11H2,1H3,(H,13,14)/t10-/m1/s1. The van der Waals surface area contributed by atoms with Crippen molar-refractivity contribution in [3.8, 4) is 5.75 Å². The third-order valence-corrected chi connectivity index (χ3v) is 2.00. The zero-order valence-corrected chi connectivity index (χ0v) is 7.99. The van der Waals surface area contributed by atoms with Crippen molar-refractivity contribution in [2.24, 2.45) is 0 Å². The number of phenolic OH excluding ortho intramolecular Hbond substituents is 1. The van der Waals surface area contributed by atoms with Crippen LogP contribution in [0.15, 0.2) is 24.3 Å². The fourth-order valence-corrected chi connectivity index (χ4v) is 1.19. The molecule has 0 saturated carbocycles. The Bertz CT molecular complexity index is 347. The van der Waals surface area contributed by atoms with Crippen molar-refractivity contribution in [1.82, 2.24) is 0 Å². The van der Waals surface area contributed by atoms with Gasteiger partial charge in [0, 0.05) is 6.42 Å². The van der Waals surface area contributed by atoms with Gasteiger partial charge in [-0.15, -0.1) is 0 Å². The maximum Gasteiger partial charge on any atom is 0.136 e. The minimum atomic E-state index is -1.19. The average molecular weight is 195 g/mol. The van der Waals surface area contributed by atoms with E-state index in [0.29, 0.717) is 0 Å². The summed E-state index contributed by atoms with van der Waals surface area (Å²) in [5, 5.41) is 19.8. The molecule has 1 aromatic carbocycles. The molecular formula is C10H13NO3. The number of hydrogen-bond acceptors (Lipinski definition) is 3. The second-order valence-corrected chi connectivity index (χ2v) is 3.69. The van der Waals surface area contributed by atoms with Crippen LogP contribution < -0.4 is 10.8 Å². The number of benzene rings is 1. The molecule has 0 radical (unpaired) electrons. The van der Waals surface area contributed by atoms with Crippen molar-refractivity contribution >= 4 is 5.97 Å². The summed E-state index contributed by atoms with van der Waals surface area (Å²) in [7, 11) is 0. The van der Waals surface area contributed by atoms with Crippen LogP contribution in [0.4, 0.5) is 0 Å². The Balaban J connectivity index is 2.83. The number of carboxylic acid groups (broad SMARTS) is 1. The molecule has 1 atom stereocenters. The van der Waals surface area contributed by atoms with Gasteiger partial charge < -0.3 is 20.7 Å². The van der Waals surface area contributed by atoms with Gasteiger partial charge in [0.05, 0.1) is 0 Å². The number of carbonyl (C=O) groups is 1. The summed E-state index contributed by atoms with van der Waals surface area (Å²) in [5.74, 6) is -1.07. The summed E-state index contributed by atoms with van der Waals surface area (Å²) in [6.07, 6.45) is 0.240. The van der Waals surface area contributed by atoms with Crippen molar-refractivity contribution in [1.29, 1.82) is 0 Å². The predicted molar refractivity (Wildman–Crippen MR) is 48.1 cm³/mol. The molecule has 4 N–H and O–H groups in total. The molecule has 0 aromatic heterocycles. The highest BCUT2D eigenvalue weighted by Crippen LogP contribution is 2.14. The molecule has 0 spiro atoms. The van der Waals surface area contributed by atoms with E-state index in [2.05, 4.69) is 5.73 Å². The molecule has 1 aromatic rings. The number of carboxylic acids is 1. The molecule has 1 rings (SSSR count). The van der Waals surface area contributed by atoms with E-state index in [1.165, 1.54) is 19.1 Å². The highest BCUT2D eigenvalue weighted by atomic mass is 16.4. The maximum atomic E-state index is 10.7. The number of aliphatic carboxylic acids is 1. The van der Waals surface area contributed by atoms with E-state index in [1.807, 2.05) is 0 Å². The first-order valence-corrected chi connectivity index (χ1v) is 4.26. The number of hydrogen-bond donors (Lipinski definition) is 2. The number of rotatable bonds is 3. The first-order chi connectivity index (χ1) is 6.42. The summed E-state index contributed by atoms with van der Waals surface area (Å²) in [6, 6.07) is 6.46. The fraction of sp³-hybridized carbons (Fsp3) is 0.300. The first-order valence-electron chi connectivity index (χ1n) is 4.26. The third kappa shape index (κ3) is 2.47. The summed E-state index contributed by atoms with van der Waals surface area (Å²) in [5.41, 5.74) is 3.12. The smallest absolute Gasteiger partial charge is 0.136 e. The zero-order valence-electron chi connectivity index (χ0n) is 7.99. The zero-order chi connectivity index (χ0) is 10.8. The van der Waals surface area contributed by atoms with Gasteiger partial charge >= 0.3 is 0 Å². The van der Waals surface area contributed by atoms with Crippen LogP contribution in [0.3, 0.4) is 0 Å². The van der Waals surface area contributed by atoms with E-state index in [0.717, 1.165) is 5.56 Å². The van der Waals surface area contributed by atoms with E-state index in [-0.39, 0.29) is 12.2 Å². The lowest BCUT2D eigenvalue weighted by molar-refractivity contribution is -0.480. The summed E-state index contributed by atoms with van der Waals surface area (Å²) < 4.78 is 0. The van der Waals surface area contributed by atoms with E-state index in [1.54, 1.807) is 12.1 Å². The van der Waals surface area contributed by atoms with Gasteiger partial charge in [-0.05, 0) is 24.6 Å². The molecule has 76 valence electrons. The van der Waals surface area contributed by atoms with Crippen molar-refractivity contribution in [2.75, 3.05) is 0 Å². The van der Waals surface area contributed by atoms with E-state index in [9.17, 15) is 9.90 Å². The molecule has 0 fully saturated rings. The van der Waals surface area contributed by atoms with Crippen molar-refractivity contribution in [3.63, 3.8) is 0 Å². The molecular weight excluding hydrogens is 182 g/mol. The Morgan fingerprint density at radius 3 is 2.79 bits per heavy atom. The molecule has 0 heterocycles. The molecule has 4 nitrogen and oxygen atoms in total. The summed E-state index contributed by atoms with van der Waals surface area (Å²) in [6.45, 7) is 1.49. The SMILES string of the molecule is C[C@@]([NH3+])(Cc1cccc(O)c1)C(=O)[O-]. The molecule has 0 aliphatic carbocycles. The summed E-state index contributed by atoms with van der Waals surface area (Å²) >= 11 is 0. The third-order valence-electron chi connectivity index (χ3n) is 2.00. The van der Waals surface area contributed by atoms with Crippen molar-refractivity contribution < 1.29 is 20.7 Å². The highest BCUT2D eigenvalue weighted by molar-refractivity contribution is 5.74. The molecule has 0 aliphatic heterocycles. The van der Waals surface area contributed by atoms with Crippen LogP contribution in [-0.4, -0.2) is 16.6 Å². The van der Waals surface area contributed by atoms with Gasteiger partial charge in [0.25, 0.3) is 0 Å². The largest absolute Gasteiger partial charge is 0.544 e. The minimum absolute atomic E-state index is 0.122. The van der Waals surface area contributed by atoms with Gasteiger partial charge in [0.15, 0.2) is 0 Å². The number of aromatic hydroxyl groups is 1. The monoisotopic (exact) mass is 195 g/mol. The molecule has 0 amide bonds. The molecule has 0 saturated heterocycles. The van der Waals surface area contributed by atoms with Gasteiger partial charge in [0.2, 0.25) is 0 Å². The molecule has 0 bridgehead atoms. The van der Waals surface area contributed by atoms with E-state index in [4.69, 9.17) is 5.11 Å². The van der Waals surface area contributed by atoms with Crippen LogP contribution in [0.1, 0.15) is 12.5 Å². The quantitative estimate of drug-likeness (QED) is 0.627. The predicted octanol–water partition coefficient (Wildman–Crippen LogP) is -1.31. The van der Waals surface area contributed by atoms with Gasteiger partial charge in [-0.25, -0.2) is 0 Å². The molecule has 0 aliphatic rings. The van der Waals surface area contributed by atoms with Crippen LogP contribution in [0, 0.1) is 0 Å². The maximum absolute atomic E-state index is 10.7. The summed E-state index contributed by atoms with van der Waals surface area (Å²) in [4.78, 5) is 10.7. The van der Waals surface area contributed by atoms with Crippen LogP contribution in [0.5, 0.6) is 5.75 Å². The van der Waals surface area contributed by atoms with Crippen LogP contribution in [0.2, 0.25) is 0 Å². The van der Waals surface area contributed by atoms with Crippen LogP contribution in [0.25, 0.3) is 0 Å². The Hall–Kier alpha value is -1.55. The van der Waals surface area contributed by atoms with E-state index >= 15 is 0 Å². The lowest BCUT2D eigenvalue weighted by atomic mass is 9.94. The Kier molecular flexibility index (Phi) is 2.76. The average Bonchev–Trinajstić information content (AvgIpc) is 2.02.